The standard InChI is InChI=1S/C19H20ClN5O3/c1-3-12-10(2)14(28-18(26)11-7-5-4-6-8-11)17(27-12)25-9-22-13-15(21)23-19(20)24-16(13)25/h4-10,12,14,17H,3H2,1-2H3,(H2,21,23,24)/t10-,12+,14?,17+/m0/s1. The number of anilines is 1. The summed E-state index contributed by atoms with van der Waals surface area (Å²) in [5.41, 5.74) is 7.25. The number of nitrogens with two attached hydrogens (primary N) is 1. The average molecular weight is 402 g/mol. The molecule has 4 rings (SSSR count). The summed E-state index contributed by atoms with van der Waals surface area (Å²) in [4.78, 5) is 25.1. The van der Waals surface area contributed by atoms with Crippen LogP contribution in [-0.2, 0) is 9.47 Å². The van der Waals surface area contributed by atoms with Crippen LogP contribution in [-0.4, -0.2) is 37.7 Å². The number of carbonyl (C=O) groups excluding carboxylic acids is 1. The van der Waals surface area contributed by atoms with Gasteiger partial charge in [0.1, 0.15) is 5.52 Å². The summed E-state index contributed by atoms with van der Waals surface area (Å²) >= 11 is 5.98. The molecule has 3 aromatic rings. The molecule has 1 unspecified atom stereocenters. The first kappa shape index (κ1) is 18.6. The number of ether oxygens (including phenoxy) is 2. The van der Waals surface area contributed by atoms with Gasteiger partial charge in [0.25, 0.3) is 0 Å². The van der Waals surface area contributed by atoms with Crippen molar-refractivity contribution in [1.82, 2.24) is 19.5 Å². The second kappa shape index (κ2) is 7.37. The molecule has 2 N–H and O–H groups in total. The van der Waals surface area contributed by atoms with Gasteiger partial charge in [0, 0.05) is 5.92 Å². The van der Waals surface area contributed by atoms with E-state index in [1.54, 1.807) is 35.2 Å². The van der Waals surface area contributed by atoms with Crippen LogP contribution in [0.15, 0.2) is 36.7 Å². The zero-order valence-electron chi connectivity index (χ0n) is 15.4. The van der Waals surface area contributed by atoms with Gasteiger partial charge in [-0.05, 0) is 30.2 Å². The molecule has 9 heteroatoms. The number of nitrogens with zero attached hydrogens (tertiary/aromatic N) is 4. The number of aromatic nitrogens is 4. The van der Waals surface area contributed by atoms with Crippen molar-refractivity contribution in [2.24, 2.45) is 5.92 Å². The molecule has 1 aliphatic rings. The van der Waals surface area contributed by atoms with Crippen LogP contribution in [0.5, 0.6) is 0 Å². The third-order valence-corrected chi connectivity index (χ3v) is 5.22. The van der Waals surface area contributed by atoms with Crippen LogP contribution in [0.4, 0.5) is 5.82 Å². The largest absolute Gasteiger partial charge is 0.454 e. The summed E-state index contributed by atoms with van der Waals surface area (Å²) in [7, 11) is 0. The first-order valence-electron chi connectivity index (χ1n) is 9.06. The molecular formula is C19H20ClN5O3. The molecule has 4 atom stereocenters. The highest BCUT2D eigenvalue weighted by Gasteiger charge is 2.45. The van der Waals surface area contributed by atoms with E-state index in [4.69, 9.17) is 26.8 Å². The minimum atomic E-state index is -0.594. The van der Waals surface area contributed by atoms with Gasteiger partial charge in [-0.3, -0.25) is 4.57 Å². The van der Waals surface area contributed by atoms with Crippen LogP contribution < -0.4 is 5.73 Å². The van der Waals surface area contributed by atoms with Crippen LogP contribution in [0.1, 0.15) is 36.9 Å². The lowest BCUT2D eigenvalue weighted by molar-refractivity contribution is -0.0469. The second-order valence-electron chi connectivity index (χ2n) is 6.77. The van der Waals surface area contributed by atoms with E-state index in [0.29, 0.717) is 16.7 Å². The molecule has 2 aromatic heterocycles. The Bertz CT molecular complexity index is 1010. The molecular weight excluding hydrogens is 382 g/mol. The maximum Gasteiger partial charge on any atom is 0.338 e. The molecule has 28 heavy (non-hydrogen) atoms. The summed E-state index contributed by atoms with van der Waals surface area (Å²) in [6.45, 7) is 4.04. The molecule has 0 saturated carbocycles. The second-order valence-corrected chi connectivity index (χ2v) is 7.11. The topological polar surface area (TPSA) is 105 Å². The lowest BCUT2D eigenvalue weighted by atomic mass is 9.98. The van der Waals surface area contributed by atoms with E-state index >= 15 is 0 Å². The van der Waals surface area contributed by atoms with Crippen molar-refractivity contribution in [3.05, 3.63) is 47.5 Å². The van der Waals surface area contributed by atoms with Gasteiger partial charge in [0.05, 0.1) is 18.0 Å². The maximum absolute atomic E-state index is 12.7. The highest BCUT2D eigenvalue weighted by atomic mass is 35.5. The number of halogens is 1. The molecule has 8 nitrogen and oxygen atoms in total. The minimum Gasteiger partial charge on any atom is -0.454 e. The molecule has 0 amide bonds. The van der Waals surface area contributed by atoms with E-state index < -0.39 is 18.3 Å². The SMILES string of the molecule is CC[C@H]1O[C@@H](n2cnc3c(N)nc(Cl)nc32)C(OC(=O)c2ccccc2)[C@H]1C. The highest BCUT2D eigenvalue weighted by Crippen LogP contribution is 2.39. The smallest absolute Gasteiger partial charge is 0.338 e. The Morgan fingerprint density at radius 3 is 2.79 bits per heavy atom. The molecule has 0 spiro atoms. The summed E-state index contributed by atoms with van der Waals surface area (Å²) in [6, 6.07) is 8.87. The molecule has 3 heterocycles. The Labute approximate surface area is 166 Å². The Kier molecular flexibility index (Phi) is 4.91. The third-order valence-electron chi connectivity index (χ3n) is 5.05. The lowest BCUT2D eigenvalue weighted by Crippen LogP contribution is -2.30. The van der Waals surface area contributed by atoms with Gasteiger partial charge < -0.3 is 15.2 Å². The Balaban J connectivity index is 1.71. The number of nitrogen functional groups attached to an aromatic ring is 1. The highest BCUT2D eigenvalue weighted by molar-refractivity contribution is 6.28. The fraction of sp³-hybridized carbons (Fsp3) is 0.368. The zero-order chi connectivity index (χ0) is 19.8. The average Bonchev–Trinajstić information content (AvgIpc) is 3.24. The van der Waals surface area contributed by atoms with Gasteiger partial charge in [-0.2, -0.15) is 9.97 Å². The number of hydrogen-bond donors (Lipinski definition) is 1. The van der Waals surface area contributed by atoms with Crippen LogP contribution in [0, 0.1) is 5.92 Å². The summed E-state index contributed by atoms with van der Waals surface area (Å²) in [5.74, 6) is -0.237. The van der Waals surface area contributed by atoms with Crippen molar-refractivity contribution in [2.75, 3.05) is 5.73 Å². The molecule has 146 valence electrons. The number of esters is 1. The fourth-order valence-electron chi connectivity index (χ4n) is 3.57. The molecule has 1 aromatic carbocycles. The molecule has 0 aliphatic carbocycles. The van der Waals surface area contributed by atoms with Crippen LogP contribution in [0.2, 0.25) is 5.28 Å². The van der Waals surface area contributed by atoms with Crippen molar-refractivity contribution < 1.29 is 14.3 Å². The number of rotatable bonds is 4. The number of fused-ring (bicyclic) bond motifs is 1. The van der Waals surface area contributed by atoms with Gasteiger partial charge >= 0.3 is 5.97 Å². The van der Waals surface area contributed by atoms with Gasteiger partial charge in [-0.25, -0.2) is 9.78 Å². The molecule has 1 fully saturated rings. The quantitative estimate of drug-likeness (QED) is 0.528. The van der Waals surface area contributed by atoms with Crippen molar-refractivity contribution in [2.45, 2.75) is 38.7 Å². The maximum atomic E-state index is 12.7. The summed E-state index contributed by atoms with van der Waals surface area (Å²) < 4.78 is 13.8. The van der Waals surface area contributed by atoms with E-state index in [1.807, 2.05) is 19.9 Å². The van der Waals surface area contributed by atoms with Crippen LogP contribution >= 0.6 is 11.6 Å². The van der Waals surface area contributed by atoms with E-state index in [2.05, 4.69) is 15.0 Å². The number of benzene rings is 1. The van der Waals surface area contributed by atoms with Crippen LogP contribution in [0.25, 0.3) is 11.2 Å². The summed E-state index contributed by atoms with van der Waals surface area (Å²) in [5, 5.41) is 0.0164. The predicted molar refractivity (Wildman–Crippen MR) is 104 cm³/mol. The molecule has 1 aliphatic heterocycles. The normalized spacial score (nSPS) is 24.5. The van der Waals surface area contributed by atoms with Crippen molar-refractivity contribution >= 4 is 34.6 Å². The van der Waals surface area contributed by atoms with Gasteiger partial charge in [-0.15, -0.1) is 0 Å². The number of carbonyl (C=O) groups is 1. The number of imidazole rings is 1. The predicted octanol–water partition coefficient (Wildman–Crippen LogP) is 3.23. The first-order valence-corrected chi connectivity index (χ1v) is 9.44. The van der Waals surface area contributed by atoms with E-state index in [1.165, 1.54) is 0 Å². The van der Waals surface area contributed by atoms with Gasteiger partial charge in [0.2, 0.25) is 5.28 Å². The molecule has 0 bridgehead atoms. The van der Waals surface area contributed by atoms with Gasteiger partial charge in [0.15, 0.2) is 23.8 Å². The van der Waals surface area contributed by atoms with E-state index in [-0.39, 0.29) is 23.1 Å². The Morgan fingerprint density at radius 2 is 2.07 bits per heavy atom. The molecule has 1 saturated heterocycles. The van der Waals surface area contributed by atoms with E-state index in [9.17, 15) is 4.79 Å². The lowest BCUT2D eigenvalue weighted by Gasteiger charge is -2.22. The van der Waals surface area contributed by atoms with Gasteiger partial charge in [-0.1, -0.05) is 32.0 Å². The van der Waals surface area contributed by atoms with Crippen LogP contribution in [0.3, 0.4) is 0 Å². The third kappa shape index (κ3) is 3.18. The van der Waals surface area contributed by atoms with E-state index in [0.717, 1.165) is 6.42 Å². The Hall–Kier alpha value is -2.71. The summed E-state index contributed by atoms with van der Waals surface area (Å²) in [6.07, 6.45) is 1.14. The number of hydrogen-bond acceptors (Lipinski definition) is 7. The zero-order valence-corrected chi connectivity index (χ0v) is 16.2. The molecule has 0 radical (unpaired) electrons. The monoisotopic (exact) mass is 401 g/mol. The fourth-order valence-corrected chi connectivity index (χ4v) is 3.74. The van der Waals surface area contributed by atoms with Crippen molar-refractivity contribution in [3.8, 4) is 0 Å². The first-order chi connectivity index (χ1) is 13.5. The Morgan fingerprint density at radius 1 is 1.32 bits per heavy atom. The van der Waals surface area contributed by atoms with Crippen molar-refractivity contribution in [1.29, 1.82) is 0 Å². The van der Waals surface area contributed by atoms with Crippen molar-refractivity contribution in [3.63, 3.8) is 0 Å². The minimum absolute atomic E-state index is 0.0164.